The Morgan fingerprint density at radius 2 is 1.91 bits per heavy atom. The highest BCUT2D eigenvalue weighted by Crippen LogP contribution is 2.36. The van der Waals surface area contributed by atoms with Crippen molar-refractivity contribution in [1.29, 1.82) is 0 Å². The molecule has 3 rings (SSSR count). The van der Waals surface area contributed by atoms with E-state index in [0.29, 0.717) is 17.9 Å². The highest BCUT2D eigenvalue weighted by atomic mass is 35.5. The van der Waals surface area contributed by atoms with E-state index in [-0.39, 0.29) is 21.6 Å². The molecule has 1 N–H and O–H groups in total. The maximum Gasteiger partial charge on any atom is 0.435 e. The number of halogens is 1. The molecule has 1 saturated carbocycles. The van der Waals surface area contributed by atoms with Gasteiger partial charge in [-0.15, -0.1) is 5.10 Å². The molecule has 10 heteroatoms. The van der Waals surface area contributed by atoms with E-state index in [1.807, 2.05) is 0 Å². The third-order valence-electron chi connectivity index (χ3n) is 5.54. The highest BCUT2D eigenvalue weighted by molar-refractivity contribution is 7.90. The number of aromatic nitrogens is 2. The topological polar surface area (TPSA) is 107 Å². The fourth-order valence-electron chi connectivity index (χ4n) is 4.02. The van der Waals surface area contributed by atoms with Crippen LogP contribution in [0.25, 0.3) is 0 Å². The monoisotopic (exact) mass is 495 g/mol. The molecule has 33 heavy (non-hydrogen) atoms. The van der Waals surface area contributed by atoms with Gasteiger partial charge >= 0.3 is 6.09 Å². The number of anilines is 1. The summed E-state index contributed by atoms with van der Waals surface area (Å²) >= 11 is 6.25. The molecule has 1 aromatic carbocycles. The van der Waals surface area contributed by atoms with Gasteiger partial charge in [0, 0.05) is 18.5 Å². The van der Waals surface area contributed by atoms with Crippen LogP contribution in [0.2, 0.25) is 5.02 Å². The third-order valence-corrected chi connectivity index (χ3v) is 7.12. The van der Waals surface area contributed by atoms with Gasteiger partial charge in [0.2, 0.25) is 5.91 Å². The number of amides is 1. The van der Waals surface area contributed by atoms with E-state index >= 15 is 0 Å². The van der Waals surface area contributed by atoms with Crippen LogP contribution in [0, 0.1) is 5.92 Å². The second-order valence-electron chi connectivity index (χ2n) is 9.52. The molecule has 0 saturated heterocycles. The second kappa shape index (κ2) is 9.85. The molecule has 0 unspecified atom stereocenters. The van der Waals surface area contributed by atoms with Crippen LogP contribution in [-0.4, -0.2) is 42.1 Å². The Bertz CT molecular complexity index is 1130. The predicted molar refractivity (Wildman–Crippen MR) is 126 cm³/mol. The molecule has 2 aromatic rings. The zero-order valence-electron chi connectivity index (χ0n) is 19.3. The van der Waals surface area contributed by atoms with Gasteiger partial charge in [0.25, 0.3) is 0 Å². The maximum atomic E-state index is 13.3. The van der Waals surface area contributed by atoms with Crippen molar-refractivity contribution in [3.8, 4) is 0 Å². The van der Waals surface area contributed by atoms with Gasteiger partial charge in [0.15, 0.2) is 15.7 Å². The van der Waals surface area contributed by atoms with Crippen molar-refractivity contribution in [2.75, 3.05) is 11.6 Å². The molecule has 0 bridgehead atoms. The number of ether oxygens (including phenoxy) is 1. The van der Waals surface area contributed by atoms with Gasteiger partial charge in [0.1, 0.15) is 5.60 Å². The minimum atomic E-state index is -3.47. The summed E-state index contributed by atoms with van der Waals surface area (Å²) in [6, 6.07) is 6.16. The molecular formula is C23H30ClN3O5S. The lowest BCUT2D eigenvalue weighted by Crippen LogP contribution is -2.27. The average Bonchev–Trinajstić information content (AvgIpc) is 3.35. The number of sulfone groups is 1. The number of hydrogen-bond acceptors (Lipinski definition) is 6. The number of benzene rings is 1. The van der Waals surface area contributed by atoms with E-state index in [0.717, 1.165) is 36.6 Å². The molecule has 0 spiro atoms. The highest BCUT2D eigenvalue weighted by Gasteiger charge is 2.28. The predicted octanol–water partition coefficient (Wildman–Crippen LogP) is 5.03. The smallest absolute Gasteiger partial charge is 0.435 e. The number of carbonyl (C=O) groups is 2. The molecular weight excluding hydrogens is 466 g/mol. The summed E-state index contributed by atoms with van der Waals surface area (Å²) in [5, 5.41) is 6.98. The van der Waals surface area contributed by atoms with Gasteiger partial charge in [-0.1, -0.05) is 43.4 Å². The lowest BCUT2D eigenvalue weighted by Gasteiger charge is -2.21. The van der Waals surface area contributed by atoms with E-state index in [4.69, 9.17) is 16.3 Å². The number of nitrogens with one attached hydrogen (secondary N) is 1. The van der Waals surface area contributed by atoms with E-state index in [1.165, 1.54) is 18.3 Å². The number of carbonyl (C=O) groups excluding carboxylic acids is 2. The summed E-state index contributed by atoms with van der Waals surface area (Å²) in [6.45, 7) is 5.26. The average molecular weight is 496 g/mol. The van der Waals surface area contributed by atoms with Crippen LogP contribution in [0.4, 0.5) is 10.6 Å². The minimum absolute atomic E-state index is 0.0315. The Balaban J connectivity index is 1.82. The van der Waals surface area contributed by atoms with Crippen LogP contribution in [-0.2, 0) is 19.4 Å². The lowest BCUT2D eigenvalue weighted by molar-refractivity contribution is -0.118. The zero-order valence-corrected chi connectivity index (χ0v) is 20.9. The molecule has 8 nitrogen and oxygen atoms in total. The van der Waals surface area contributed by atoms with E-state index in [9.17, 15) is 18.0 Å². The number of hydrogen-bond donors (Lipinski definition) is 1. The third kappa shape index (κ3) is 6.80. The summed E-state index contributed by atoms with van der Waals surface area (Å²) in [7, 11) is -3.47. The lowest BCUT2D eigenvalue weighted by atomic mass is 9.87. The Kier molecular flexibility index (Phi) is 7.53. The summed E-state index contributed by atoms with van der Waals surface area (Å²) in [4.78, 5) is 25.5. The molecule has 1 aromatic heterocycles. The van der Waals surface area contributed by atoms with Gasteiger partial charge in [0.05, 0.1) is 15.8 Å². The standard InChI is InChI=1S/C23H30ClN3O5S/c1-23(2,3)32-22(29)27-12-11-20(26-27)25-21(28)17(13-15-7-5-6-8-15)16-9-10-19(18(24)14-16)33(4,30)31/h9-12,14-15,17H,5-8,13H2,1-4H3,(H,25,26,28)/t17-/m1/s1. The maximum absolute atomic E-state index is 13.3. The fourth-order valence-corrected chi connectivity index (χ4v) is 5.36. The van der Waals surface area contributed by atoms with Gasteiger partial charge < -0.3 is 10.1 Å². The Labute approximate surface area is 199 Å². The Hall–Kier alpha value is -2.39. The molecule has 1 amide bonds. The van der Waals surface area contributed by atoms with Gasteiger partial charge in [-0.05, 0) is 50.8 Å². The van der Waals surface area contributed by atoms with Crippen LogP contribution in [0.1, 0.15) is 64.4 Å². The molecule has 1 aliphatic rings. The quantitative estimate of drug-likeness (QED) is 0.602. The van der Waals surface area contributed by atoms with Crippen molar-refractivity contribution >= 4 is 39.3 Å². The summed E-state index contributed by atoms with van der Waals surface area (Å²) < 4.78 is 30.2. The molecule has 1 atom stereocenters. The fraction of sp³-hybridized carbons (Fsp3) is 0.522. The molecule has 180 valence electrons. The van der Waals surface area contributed by atoms with Crippen LogP contribution in [0.5, 0.6) is 0 Å². The number of rotatable bonds is 6. The van der Waals surface area contributed by atoms with Crippen molar-refractivity contribution in [2.45, 2.75) is 69.3 Å². The van der Waals surface area contributed by atoms with E-state index in [2.05, 4.69) is 10.4 Å². The summed E-state index contributed by atoms with van der Waals surface area (Å²) in [5.41, 5.74) is -0.0284. The number of nitrogens with zero attached hydrogens (tertiary/aromatic N) is 2. The van der Waals surface area contributed by atoms with Gasteiger partial charge in [-0.2, -0.15) is 4.68 Å². The molecule has 1 aliphatic carbocycles. The molecule has 1 heterocycles. The second-order valence-corrected chi connectivity index (χ2v) is 11.9. The molecule has 0 aliphatic heterocycles. The van der Waals surface area contributed by atoms with Crippen molar-refractivity contribution in [2.24, 2.45) is 5.92 Å². The molecule has 0 radical (unpaired) electrons. The first kappa shape index (κ1) is 25.2. The Morgan fingerprint density at radius 1 is 1.24 bits per heavy atom. The SMILES string of the molecule is CC(C)(C)OC(=O)n1ccc(NC(=O)[C@H](CC2CCCC2)c2ccc(S(C)(=O)=O)c(Cl)c2)n1. The first-order valence-electron chi connectivity index (χ1n) is 10.9. The van der Waals surface area contributed by atoms with Crippen molar-refractivity contribution in [3.63, 3.8) is 0 Å². The van der Waals surface area contributed by atoms with Crippen LogP contribution in [0.3, 0.4) is 0 Å². The van der Waals surface area contributed by atoms with Crippen LogP contribution < -0.4 is 5.32 Å². The Morgan fingerprint density at radius 3 is 2.48 bits per heavy atom. The zero-order chi connectivity index (χ0) is 24.4. The largest absolute Gasteiger partial charge is 0.442 e. The normalized spacial score (nSPS) is 15.9. The first-order valence-corrected chi connectivity index (χ1v) is 13.2. The van der Waals surface area contributed by atoms with Crippen LogP contribution >= 0.6 is 11.6 Å². The molecule has 1 fully saturated rings. The van der Waals surface area contributed by atoms with Crippen molar-refractivity contribution in [1.82, 2.24) is 9.78 Å². The van der Waals surface area contributed by atoms with E-state index < -0.39 is 27.4 Å². The van der Waals surface area contributed by atoms with Gasteiger partial charge in [-0.25, -0.2) is 13.2 Å². The van der Waals surface area contributed by atoms with Gasteiger partial charge in [-0.3, -0.25) is 4.79 Å². The van der Waals surface area contributed by atoms with Crippen molar-refractivity contribution < 1.29 is 22.7 Å². The summed E-state index contributed by atoms with van der Waals surface area (Å²) in [6.07, 6.45) is 6.85. The minimum Gasteiger partial charge on any atom is -0.442 e. The van der Waals surface area contributed by atoms with Crippen LogP contribution in [0.15, 0.2) is 35.4 Å². The summed E-state index contributed by atoms with van der Waals surface area (Å²) in [5.74, 6) is -0.208. The first-order chi connectivity index (χ1) is 15.3. The van der Waals surface area contributed by atoms with E-state index in [1.54, 1.807) is 32.9 Å². The van der Waals surface area contributed by atoms with Crippen molar-refractivity contribution in [3.05, 3.63) is 41.0 Å².